The van der Waals surface area contributed by atoms with Crippen LogP contribution < -0.4 is 5.73 Å². The largest absolute Gasteiger partial charge is 0.342 e. The van der Waals surface area contributed by atoms with E-state index < -0.39 is 0 Å². The van der Waals surface area contributed by atoms with Gasteiger partial charge in [0, 0.05) is 19.5 Å². The van der Waals surface area contributed by atoms with Crippen molar-refractivity contribution < 1.29 is 4.79 Å². The van der Waals surface area contributed by atoms with Crippen molar-refractivity contribution in [2.75, 3.05) is 19.6 Å². The summed E-state index contributed by atoms with van der Waals surface area (Å²) in [6.07, 6.45) is 7.98. The standard InChI is InChI=1S/C16H30N2O/c1-13(2)14-6-9-18(11-14)15(19)10-16(12-17)7-4-3-5-8-16/h13-14H,3-12,17H2,1-2H3. The fourth-order valence-electron chi connectivity index (χ4n) is 3.75. The summed E-state index contributed by atoms with van der Waals surface area (Å²) >= 11 is 0. The maximum atomic E-state index is 12.5. The number of hydrogen-bond acceptors (Lipinski definition) is 2. The Balaban J connectivity index is 1.90. The second-order valence-corrected chi connectivity index (χ2v) is 7.07. The third kappa shape index (κ3) is 3.50. The van der Waals surface area contributed by atoms with Crippen LogP contribution in [0.15, 0.2) is 0 Å². The lowest BCUT2D eigenvalue weighted by molar-refractivity contribution is -0.133. The van der Waals surface area contributed by atoms with E-state index in [-0.39, 0.29) is 5.41 Å². The van der Waals surface area contributed by atoms with Gasteiger partial charge in [0.2, 0.25) is 5.91 Å². The summed E-state index contributed by atoms with van der Waals surface area (Å²) in [6.45, 7) is 7.14. The number of nitrogens with two attached hydrogens (primary N) is 1. The SMILES string of the molecule is CC(C)C1CCN(C(=O)CC2(CN)CCCCC2)C1. The molecule has 0 aromatic rings. The summed E-state index contributed by atoms with van der Waals surface area (Å²) in [5, 5.41) is 0. The minimum Gasteiger partial charge on any atom is -0.342 e. The zero-order chi connectivity index (χ0) is 13.9. The van der Waals surface area contributed by atoms with Crippen molar-refractivity contribution in [3.05, 3.63) is 0 Å². The first-order chi connectivity index (χ1) is 9.06. The van der Waals surface area contributed by atoms with Crippen molar-refractivity contribution in [3.63, 3.8) is 0 Å². The molecule has 3 nitrogen and oxygen atoms in total. The summed E-state index contributed by atoms with van der Waals surface area (Å²) in [5.41, 5.74) is 6.11. The molecule has 0 aromatic heterocycles. The number of carbonyl (C=O) groups is 1. The first-order valence-corrected chi connectivity index (χ1v) is 8.04. The van der Waals surface area contributed by atoms with Crippen molar-refractivity contribution in [2.45, 2.75) is 58.8 Å². The van der Waals surface area contributed by atoms with Crippen molar-refractivity contribution in [2.24, 2.45) is 23.0 Å². The Morgan fingerprint density at radius 3 is 2.53 bits per heavy atom. The molecule has 19 heavy (non-hydrogen) atoms. The predicted molar refractivity (Wildman–Crippen MR) is 78.7 cm³/mol. The van der Waals surface area contributed by atoms with Crippen molar-refractivity contribution in [1.82, 2.24) is 4.90 Å². The fourth-order valence-corrected chi connectivity index (χ4v) is 3.75. The minimum absolute atomic E-state index is 0.116. The topological polar surface area (TPSA) is 46.3 Å². The van der Waals surface area contributed by atoms with Crippen LogP contribution in [-0.4, -0.2) is 30.4 Å². The summed E-state index contributed by atoms with van der Waals surface area (Å²) < 4.78 is 0. The monoisotopic (exact) mass is 266 g/mol. The summed E-state index contributed by atoms with van der Waals surface area (Å²) in [5.74, 6) is 1.75. The Kier molecular flexibility index (Phi) is 4.88. The lowest BCUT2D eigenvalue weighted by Gasteiger charge is -2.36. The van der Waals surface area contributed by atoms with Crippen LogP contribution in [0.3, 0.4) is 0 Å². The molecular weight excluding hydrogens is 236 g/mol. The third-order valence-corrected chi connectivity index (χ3v) is 5.39. The van der Waals surface area contributed by atoms with E-state index in [1.807, 2.05) is 0 Å². The number of nitrogens with zero attached hydrogens (tertiary/aromatic N) is 1. The van der Waals surface area contributed by atoms with E-state index in [1.54, 1.807) is 0 Å². The Morgan fingerprint density at radius 1 is 1.32 bits per heavy atom. The highest BCUT2D eigenvalue weighted by Gasteiger charge is 2.36. The zero-order valence-corrected chi connectivity index (χ0v) is 12.7. The first kappa shape index (κ1) is 14.8. The van der Waals surface area contributed by atoms with Gasteiger partial charge in [-0.3, -0.25) is 4.79 Å². The van der Waals surface area contributed by atoms with Gasteiger partial charge in [-0.15, -0.1) is 0 Å². The van der Waals surface area contributed by atoms with Crippen LogP contribution in [0, 0.1) is 17.3 Å². The second-order valence-electron chi connectivity index (χ2n) is 7.07. The molecule has 1 unspecified atom stereocenters. The van der Waals surface area contributed by atoms with Gasteiger partial charge in [-0.25, -0.2) is 0 Å². The number of carbonyl (C=O) groups excluding carboxylic acids is 1. The van der Waals surface area contributed by atoms with Crippen LogP contribution >= 0.6 is 0 Å². The van der Waals surface area contributed by atoms with E-state index in [0.717, 1.165) is 25.9 Å². The molecule has 1 saturated heterocycles. The highest BCUT2D eigenvalue weighted by atomic mass is 16.2. The fraction of sp³-hybridized carbons (Fsp3) is 0.938. The molecule has 2 fully saturated rings. The van der Waals surface area contributed by atoms with Crippen LogP contribution in [0.2, 0.25) is 0 Å². The van der Waals surface area contributed by atoms with E-state index in [4.69, 9.17) is 5.73 Å². The predicted octanol–water partition coefficient (Wildman–Crippen LogP) is 2.79. The molecule has 3 heteroatoms. The molecule has 1 atom stereocenters. The van der Waals surface area contributed by atoms with E-state index >= 15 is 0 Å². The van der Waals surface area contributed by atoms with Gasteiger partial charge < -0.3 is 10.6 Å². The zero-order valence-electron chi connectivity index (χ0n) is 12.7. The van der Waals surface area contributed by atoms with Crippen LogP contribution in [0.5, 0.6) is 0 Å². The summed E-state index contributed by atoms with van der Waals surface area (Å²) in [6, 6.07) is 0. The van der Waals surface area contributed by atoms with Crippen molar-refractivity contribution >= 4 is 5.91 Å². The van der Waals surface area contributed by atoms with Crippen LogP contribution in [-0.2, 0) is 4.79 Å². The smallest absolute Gasteiger partial charge is 0.223 e. The van der Waals surface area contributed by atoms with Gasteiger partial charge >= 0.3 is 0 Å². The summed E-state index contributed by atoms with van der Waals surface area (Å²) in [4.78, 5) is 14.6. The first-order valence-electron chi connectivity index (χ1n) is 8.04. The molecule has 0 aromatic carbocycles. The van der Waals surface area contributed by atoms with Crippen LogP contribution in [0.4, 0.5) is 0 Å². The quantitative estimate of drug-likeness (QED) is 0.850. The molecule has 0 spiro atoms. The molecule has 1 aliphatic heterocycles. The number of likely N-dealkylation sites (tertiary alicyclic amines) is 1. The van der Waals surface area contributed by atoms with Gasteiger partial charge in [0.15, 0.2) is 0 Å². The Bertz CT molecular complexity index is 308. The number of rotatable bonds is 4. The van der Waals surface area contributed by atoms with Gasteiger partial charge in [-0.2, -0.15) is 0 Å². The lowest BCUT2D eigenvalue weighted by Crippen LogP contribution is -2.40. The Hall–Kier alpha value is -0.570. The average Bonchev–Trinajstić information content (AvgIpc) is 2.89. The van der Waals surface area contributed by atoms with E-state index in [1.165, 1.54) is 25.7 Å². The molecule has 1 heterocycles. The summed E-state index contributed by atoms with van der Waals surface area (Å²) in [7, 11) is 0. The van der Waals surface area contributed by atoms with E-state index in [9.17, 15) is 4.79 Å². The molecule has 0 radical (unpaired) electrons. The van der Waals surface area contributed by atoms with E-state index in [0.29, 0.717) is 30.7 Å². The van der Waals surface area contributed by atoms with Gasteiger partial charge in [-0.05, 0) is 43.1 Å². The van der Waals surface area contributed by atoms with Gasteiger partial charge in [0.05, 0.1) is 0 Å². The number of amides is 1. The molecular formula is C16H30N2O. The van der Waals surface area contributed by atoms with Crippen molar-refractivity contribution in [3.8, 4) is 0 Å². The van der Waals surface area contributed by atoms with Gasteiger partial charge in [0.25, 0.3) is 0 Å². The average molecular weight is 266 g/mol. The molecule has 1 saturated carbocycles. The Labute approximate surface area is 117 Å². The Morgan fingerprint density at radius 2 is 2.00 bits per heavy atom. The minimum atomic E-state index is 0.116. The molecule has 110 valence electrons. The highest BCUT2D eigenvalue weighted by molar-refractivity contribution is 5.77. The van der Waals surface area contributed by atoms with Crippen LogP contribution in [0.1, 0.15) is 58.8 Å². The lowest BCUT2D eigenvalue weighted by atomic mass is 9.71. The molecule has 0 bridgehead atoms. The second kappa shape index (κ2) is 6.25. The molecule has 2 rings (SSSR count). The molecule has 2 N–H and O–H groups in total. The number of hydrogen-bond donors (Lipinski definition) is 1. The van der Waals surface area contributed by atoms with E-state index in [2.05, 4.69) is 18.7 Å². The maximum Gasteiger partial charge on any atom is 0.223 e. The molecule has 1 aliphatic carbocycles. The normalized spacial score (nSPS) is 26.9. The third-order valence-electron chi connectivity index (χ3n) is 5.39. The highest BCUT2D eigenvalue weighted by Crippen LogP contribution is 2.39. The molecule has 1 amide bonds. The van der Waals surface area contributed by atoms with Gasteiger partial charge in [0.1, 0.15) is 0 Å². The maximum absolute atomic E-state index is 12.5. The van der Waals surface area contributed by atoms with Gasteiger partial charge in [-0.1, -0.05) is 33.1 Å². The van der Waals surface area contributed by atoms with Crippen molar-refractivity contribution in [1.29, 1.82) is 0 Å². The van der Waals surface area contributed by atoms with Crippen LogP contribution in [0.25, 0.3) is 0 Å². The molecule has 2 aliphatic rings.